The van der Waals surface area contributed by atoms with Gasteiger partial charge in [-0.25, -0.2) is 41.1 Å². The molecule has 0 spiro atoms. The molecule has 0 N–H and O–H groups in total. The van der Waals surface area contributed by atoms with Crippen LogP contribution in [0.2, 0.25) is 0 Å². The molecule has 59 heavy (non-hydrogen) atoms. The van der Waals surface area contributed by atoms with Crippen molar-refractivity contribution in [1.29, 1.82) is 0 Å². The minimum atomic E-state index is -1.05. The number of esters is 1. The van der Waals surface area contributed by atoms with E-state index in [0.29, 0.717) is 46.2 Å². The van der Waals surface area contributed by atoms with Gasteiger partial charge in [0.15, 0.2) is 0 Å². The average molecular weight is 916 g/mol. The van der Waals surface area contributed by atoms with Crippen LogP contribution in [-0.2, 0) is 17.8 Å². The molecule has 0 saturated heterocycles. The molecular formula is C38H21BrF6N6O6S2. The number of rotatable bonds is 9. The van der Waals surface area contributed by atoms with E-state index in [-0.39, 0.29) is 50.8 Å². The van der Waals surface area contributed by atoms with Crippen LogP contribution in [0.5, 0.6) is 21.9 Å². The van der Waals surface area contributed by atoms with E-state index in [2.05, 4.69) is 40.6 Å². The molecular weight excluding hydrogens is 894 g/mol. The normalized spacial score (nSPS) is 11.1. The smallest absolute Gasteiger partial charge is 0.349 e. The molecule has 8 aromatic rings. The monoisotopic (exact) mass is 914 g/mol. The van der Waals surface area contributed by atoms with E-state index in [9.17, 15) is 40.7 Å². The molecule has 300 valence electrons. The number of methoxy groups -OCH3 is 1. The number of thiazole rings is 2. The molecule has 8 rings (SSSR count). The third-order valence-electron chi connectivity index (χ3n) is 8.25. The number of carbonyl (C=O) groups excluding carboxylic acids is 1. The van der Waals surface area contributed by atoms with Gasteiger partial charge in [0.1, 0.15) is 51.3 Å². The van der Waals surface area contributed by atoms with Gasteiger partial charge in [-0.2, -0.15) is 9.97 Å². The maximum absolute atomic E-state index is 14.0. The molecule has 0 fully saturated rings. The third-order valence-corrected chi connectivity index (χ3v) is 10.5. The second-order valence-corrected chi connectivity index (χ2v) is 15.4. The third kappa shape index (κ3) is 9.16. The zero-order chi connectivity index (χ0) is 42.0. The quantitative estimate of drug-likeness (QED) is 0.102. The first kappa shape index (κ1) is 40.7. The molecule has 4 aromatic heterocycles. The number of hydrogen-bond donors (Lipinski definition) is 0. The average Bonchev–Trinajstić information content (AvgIpc) is 3.84. The van der Waals surface area contributed by atoms with Gasteiger partial charge < -0.3 is 23.3 Å². The fourth-order valence-electron chi connectivity index (χ4n) is 5.54. The largest absolute Gasteiger partial charge is 0.465 e. The van der Waals surface area contributed by atoms with Gasteiger partial charge in [-0.15, -0.1) is 0 Å². The fourth-order valence-corrected chi connectivity index (χ4v) is 7.27. The van der Waals surface area contributed by atoms with Crippen molar-refractivity contribution in [3.8, 4) is 21.9 Å². The first-order chi connectivity index (χ1) is 28.3. The van der Waals surface area contributed by atoms with Crippen LogP contribution >= 0.6 is 38.6 Å². The van der Waals surface area contributed by atoms with Gasteiger partial charge in [-0.05, 0) is 52.3 Å². The van der Waals surface area contributed by atoms with E-state index < -0.39 is 52.0 Å². The number of aromatic nitrogens is 6. The number of benzene rings is 4. The lowest BCUT2D eigenvalue weighted by molar-refractivity contribution is 0.0606. The zero-order valence-electron chi connectivity index (χ0n) is 29.6. The van der Waals surface area contributed by atoms with Crippen molar-refractivity contribution in [2.45, 2.75) is 13.1 Å². The van der Waals surface area contributed by atoms with Crippen LogP contribution in [0.1, 0.15) is 20.8 Å². The predicted octanol–water partition coefficient (Wildman–Crippen LogP) is 8.77. The Morgan fingerprint density at radius 1 is 0.644 bits per heavy atom. The first-order valence-corrected chi connectivity index (χ1v) is 18.9. The Hall–Kier alpha value is -6.45. The minimum Gasteiger partial charge on any atom is -0.465 e. The van der Waals surface area contributed by atoms with Gasteiger partial charge in [-0.3, -0.25) is 9.59 Å². The van der Waals surface area contributed by atoms with Gasteiger partial charge >= 0.3 is 5.97 Å². The number of halogens is 7. The Balaban J connectivity index is 0.000000180. The number of carbonyl (C=O) groups is 1. The molecule has 4 aromatic carbocycles. The van der Waals surface area contributed by atoms with Gasteiger partial charge in [0.05, 0.1) is 70.8 Å². The van der Waals surface area contributed by atoms with Crippen molar-refractivity contribution < 1.29 is 45.3 Å². The van der Waals surface area contributed by atoms with E-state index in [0.717, 1.165) is 21.5 Å². The molecule has 0 bridgehead atoms. The van der Waals surface area contributed by atoms with Crippen molar-refractivity contribution in [2.75, 3.05) is 7.11 Å². The van der Waals surface area contributed by atoms with Gasteiger partial charge in [-0.1, -0.05) is 22.7 Å². The van der Waals surface area contributed by atoms with Crippen molar-refractivity contribution in [2.24, 2.45) is 0 Å². The Morgan fingerprint density at radius 3 is 1.51 bits per heavy atom. The molecule has 4 heterocycles. The van der Waals surface area contributed by atoms with Crippen LogP contribution in [0.3, 0.4) is 0 Å². The predicted molar refractivity (Wildman–Crippen MR) is 206 cm³/mol. The van der Waals surface area contributed by atoms with Crippen molar-refractivity contribution in [1.82, 2.24) is 29.1 Å². The molecule has 0 aliphatic heterocycles. The molecule has 21 heteroatoms. The van der Waals surface area contributed by atoms with Crippen LogP contribution in [-0.4, -0.2) is 42.1 Å². The van der Waals surface area contributed by atoms with Crippen molar-refractivity contribution in [3.63, 3.8) is 0 Å². The van der Waals surface area contributed by atoms with Crippen LogP contribution in [0.15, 0.2) is 99.1 Å². The Morgan fingerprint density at radius 2 is 1.08 bits per heavy atom. The van der Waals surface area contributed by atoms with Crippen molar-refractivity contribution in [3.05, 3.63) is 161 Å². The van der Waals surface area contributed by atoms with E-state index in [4.69, 9.17) is 9.47 Å². The van der Waals surface area contributed by atoms with Crippen molar-refractivity contribution >= 4 is 66.4 Å². The number of nitrogens with zero attached hydrogens (tertiary/aromatic N) is 6. The SMILES string of the molecule is COC(=O)c1cnc(Oc2ccc3c(c2)c(=O)ncn3Cc2c(F)cc(F)cc2F)s1.O=c1ncn(Cc2c(F)cc(F)cc2F)c2ccc(Oc3ncc(Br)s3)cc12. The summed E-state index contributed by atoms with van der Waals surface area (Å²) >= 11 is 5.51. The van der Waals surface area contributed by atoms with Gasteiger partial charge in [0.2, 0.25) is 0 Å². The summed E-state index contributed by atoms with van der Waals surface area (Å²) in [5, 5.41) is 0.872. The van der Waals surface area contributed by atoms with Crippen LogP contribution in [0, 0.1) is 34.9 Å². The molecule has 0 unspecified atom stereocenters. The summed E-state index contributed by atoms with van der Waals surface area (Å²) in [6, 6.07) is 11.5. The number of hydrogen-bond acceptors (Lipinski definition) is 12. The lowest BCUT2D eigenvalue weighted by Crippen LogP contribution is -2.14. The highest BCUT2D eigenvalue weighted by atomic mass is 79.9. The molecule has 0 aliphatic rings. The fraction of sp³-hybridized carbons (Fsp3) is 0.0789. The van der Waals surface area contributed by atoms with Crippen LogP contribution < -0.4 is 20.6 Å². The van der Waals surface area contributed by atoms with E-state index in [1.807, 2.05) is 0 Å². The molecule has 12 nitrogen and oxygen atoms in total. The summed E-state index contributed by atoms with van der Waals surface area (Å²) in [7, 11) is 1.24. The maximum Gasteiger partial charge on any atom is 0.349 e. The zero-order valence-corrected chi connectivity index (χ0v) is 32.8. The van der Waals surface area contributed by atoms with Gasteiger partial charge in [0.25, 0.3) is 21.5 Å². The Kier molecular flexibility index (Phi) is 11.9. The summed E-state index contributed by atoms with van der Waals surface area (Å²) in [4.78, 5) is 51.7. The number of ether oxygens (including phenoxy) is 3. The van der Waals surface area contributed by atoms with E-state index in [1.165, 1.54) is 64.4 Å². The second-order valence-electron chi connectivity index (χ2n) is 12.0. The Bertz CT molecular complexity index is 2990. The lowest BCUT2D eigenvalue weighted by atomic mass is 10.1. The number of fused-ring (bicyclic) bond motifs is 2. The topological polar surface area (TPSA) is 140 Å². The molecule has 0 amide bonds. The standard InChI is InChI=1S/C20H12F3N3O4S.C18H9BrF3N3O2S/c1-29-19(28)17-7-24-20(31-17)30-11-2-3-16-12(6-11)18(27)25-9-26(16)8-13-14(22)4-10(21)5-15(13)23;19-16-6-23-18(28-16)27-10-1-2-15-11(5-10)17(26)24-8-25(15)7-12-13(21)3-9(20)4-14(12)22/h2-7,9H,8H2,1H3;1-6,8H,7H2. The maximum atomic E-state index is 14.0. The summed E-state index contributed by atoms with van der Waals surface area (Å²) < 4.78 is 102. The highest BCUT2D eigenvalue weighted by Crippen LogP contribution is 2.32. The van der Waals surface area contributed by atoms with Gasteiger partial charge in [0, 0.05) is 35.4 Å². The summed E-state index contributed by atoms with van der Waals surface area (Å²) in [6.07, 6.45) is 5.22. The lowest BCUT2D eigenvalue weighted by Gasteiger charge is -2.12. The molecule has 0 aliphatic carbocycles. The van der Waals surface area contributed by atoms with Crippen LogP contribution in [0.25, 0.3) is 21.8 Å². The summed E-state index contributed by atoms with van der Waals surface area (Å²) in [5.74, 6) is -6.10. The highest BCUT2D eigenvalue weighted by Gasteiger charge is 2.17. The highest BCUT2D eigenvalue weighted by molar-refractivity contribution is 9.11. The minimum absolute atomic E-state index is 0.132. The van der Waals surface area contributed by atoms with E-state index >= 15 is 0 Å². The summed E-state index contributed by atoms with van der Waals surface area (Å²) in [5.41, 5.74) is -1.06. The summed E-state index contributed by atoms with van der Waals surface area (Å²) in [6.45, 7) is -0.571. The molecule has 0 atom stereocenters. The molecule has 0 saturated carbocycles. The second kappa shape index (κ2) is 17.2. The first-order valence-electron chi connectivity index (χ1n) is 16.5. The Labute approximate surface area is 342 Å². The molecule has 0 radical (unpaired) electrons. The van der Waals surface area contributed by atoms with E-state index in [1.54, 1.807) is 18.3 Å². The van der Waals surface area contributed by atoms with Crippen LogP contribution in [0.4, 0.5) is 26.3 Å².